The fraction of sp³-hybridized carbons (Fsp3) is 0.421. The van der Waals surface area contributed by atoms with Crippen molar-refractivity contribution in [3.8, 4) is 5.75 Å². The summed E-state index contributed by atoms with van der Waals surface area (Å²) < 4.78 is 10.8. The second-order valence-electron chi connectivity index (χ2n) is 6.48. The number of ether oxygens (including phenoxy) is 1. The third-order valence-electron chi connectivity index (χ3n) is 4.80. The molecule has 2 heterocycles. The van der Waals surface area contributed by atoms with E-state index in [9.17, 15) is 14.9 Å². The number of amides is 1. The molecular weight excluding hydrogens is 350 g/mol. The van der Waals surface area contributed by atoms with Crippen molar-refractivity contribution < 1.29 is 18.9 Å². The van der Waals surface area contributed by atoms with Crippen LogP contribution in [0.15, 0.2) is 41.0 Å². The van der Waals surface area contributed by atoms with E-state index in [2.05, 4.69) is 10.2 Å². The van der Waals surface area contributed by atoms with Crippen molar-refractivity contribution in [2.75, 3.05) is 26.7 Å². The fourth-order valence-corrected chi connectivity index (χ4v) is 3.39. The lowest BCUT2D eigenvalue weighted by atomic mass is 10.1. The van der Waals surface area contributed by atoms with Gasteiger partial charge in [-0.3, -0.25) is 19.8 Å². The lowest BCUT2D eigenvalue weighted by molar-refractivity contribution is -0.384. The molecule has 27 heavy (non-hydrogen) atoms. The summed E-state index contributed by atoms with van der Waals surface area (Å²) >= 11 is 0. The van der Waals surface area contributed by atoms with E-state index in [4.69, 9.17) is 9.15 Å². The minimum absolute atomic E-state index is 0.0751. The summed E-state index contributed by atoms with van der Waals surface area (Å²) in [7, 11) is 1.43. The lowest BCUT2D eigenvalue weighted by Crippen LogP contribution is -2.40. The molecule has 1 unspecified atom stereocenters. The normalized spacial score (nSPS) is 15.9. The van der Waals surface area contributed by atoms with E-state index in [1.54, 1.807) is 6.26 Å². The van der Waals surface area contributed by atoms with Gasteiger partial charge in [0.25, 0.3) is 11.6 Å². The van der Waals surface area contributed by atoms with E-state index in [1.807, 2.05) is 12.1 Å². The summed E-state index contributed by atoms with van der Waals surface area (Å²) in [6.45, 7) is 2.24. The van der Waals surface area contributed by atoms with Gasteiger partial charge in [0, 0.05) is 18.7 Å². The van der Waals surface area contributed by atoms with E-state index >= 15 is 0 Å². The van der Waals surface area contributed by atoms with Crippen LogP contribution in [0.3, 0.4) is 0 Å². The molecule has 1 atom stereocenters. The van der Waals surface area contributed by atoms with Crippen LogP contribution in [-0.4, -0.2) is 42.5 Å². The number of likely N-dealkylation sites (tertiary alicyclic amines) is 1. The molecule has 1 amide bonds. The Hall–Kier alpha value is -2.87. The SMILES string of the molecule is COc1ccc([N+](=O)[O-])cc1C(=O)NCC(c1ccco1)N1CCCCC1. The second kappa shape index (κ2) is 8.68. The molecule has 8 heteroatoms. The van der Waals surface area contributed by atoms with Crippen molar-refractivity contribution in [1.82, 2.24) is 10.2 Å². The average Bonchev–Trinajstić information content (AvgIpc) is 3.22. The van der Waals surface area contributed by atoms with Crippen LogP contribution in [0.5, 0.6) is 5.75 Å². The smallest absolute Gasteiger partial charge is 0.270 e. The summed E-state index contributed by atoms with van der Waals surface area (Å²) in [6, 6.07) is 7.64. The van der Waals surface area contributed by atoms with E-state index < -0.39 is 10.8 Å². The number of piperidine rings is 1. The average molecular weight is 373 g/mol. The summed E-state index contributed by atoms with van der Waals surface area (Å²) in [6.07, 6.45) is 5.06. The Morgan fingerprint density at radius 2 is 2.11 bits per heavy atom. The molecule has 1 N–H and O–H groups in total. The third-order valence-corrected chi connectivity index (χ3v) is 4.80. The van der Waals surface area contributed by atoms with Gasteiger partial charge in [-0.15, -0.1) is 0 Å². The minimum atomic E-state index is -0.532. The molecule has 1 fully saturated rings. The number of nitrogens with one attached hydrogen (secondary N) is 1. The van der Waals surface area contributed by atoms with Gasteiger partial charge < -0.3 is 14.5 Å². The molecule has 0 aliphatic carbocycles. The molecule has 0 saturated carbocycles. The fourth-order valence-electron chi connectivity index (χ4n) is 3.39. The van der Waals surface area contributed by atoms with Crippen LogP contribution < -0.4 is 10.1 Å². The highest BCUT2D eigenvalue weighted by molar-refractivity contribution is 5.97. The number of nitro benzene ring substituents is 1. The van der Waals surface area contributed by atoms with Crippen LogP contribution in [-0.2, 0) is 0 Å². The van der Waals surface area contributed by atoms with Crippen LogP contribution >= 0.6 is 0 Å². The second-order valence-corrected chi connectivity index (χ2v) is 6.48. The van der Waals surface area contributed by atoms with Gasteiger partial charge in [-0.25, -0.2) is 0 Å². The number of furan rings is 1. The minimum Gasteiger partial charge on any atom is -0.496 e. The maximum absolute atomic E-state index is 12.7. The first-order chi connectivity index (χ1) is 13.1. The van der Waals surface area contributed by atoms with Gasteiger partial charge in [-0.05, 0) is 44.1 Å². The Kier molecular flexibility index (Phi) is 6.08. The molecule has 1 aliphatic rings. The first-order valence-corrected chi connectivity index (χ1v) is 8.98. The van der Waals surface area contributed by atoms with Crippen molar-refractivity contribution in [3.63, 3.8) is 0 Å². The maximum atomic E-state index is 12.7. The molecule has 0 bridgehead atoms. The number of rotatable bonds is 7. The largest absolute Gasteiger partial charge is 0.496 e. The van der Waals surface area contributed by atoms with Gasteiger partial charge in [0.15, 0.2) is 0 Å². The van der Waals surface area contributed by atoms with Crippen molar-refractivity contribution in [2.45, 2.75) is 25.3 Å². The zero-order chi connectivity index (χ0) is 19.2. The molecule has 1 aliphatic heterocycles. The standard InChI is InChI=1S/C19H23N3O5/c1-26-17-8-7-14(22(24)25)12-15(17)19(23)20-13-16(18-6-5-11-27-18)21-9-3-2-4-10-21/h5-8,11-12,16H,2-4,9-10,13H2,1H3,(H,20,23). The predicted molar refractivity (Wildman–Crippen MR) is 98.9 cm³/mol. The van der Waals surface area contributed by atoms with Crippen LogP contribution in [0, 0.1) is 10.1 Å². The molecule has 1 aromatic heterocycles. The van der Waals surface area contributed by atoms with Gasteiger partial charge >= 0.3 is 0 Å². The number of benzene rings is 1. The van der Waals surface area contributed by atoms with Crippen LogP contribution in [0.4, 0.5) is 5.69 Å². The summed E-state index contributed by atoms with van der Waals surface area (Å²) in [5.74, 6) is 0.679. The number of carbonyl (C=O) groups is 1. The van der Waals surface area contributed by atoms with Crippen LogP contribution in [0.2, 0.25) is 0 Å². The predicted octanol–water partition coefficient (Wildman–Crippen LogP) is 3.15. The Morgan fingerprint density at radius 1 is 1.33 bits per heavy atom. The highest BCUT2D eigenvalue weighted by atomic mass is 16.6. The number of hydrogen-bond acceptors (Lipinski definition) is 6. The van der Waals surface area contributed by atoms with Crippen molar-refractivity contribution in [2.24, 2.45) is 0 Å². The summed E-state index contributed by atoms with van der Waals surface area (Å²) in [5, 5.41) is 13.9. The molecule has 3 rings (SSSR count). The topological polar surface area (TPSA) is 97.8 Å². The van der Waals surface area contributed by atoms with Gasteiger partial charge in [-0.1, -0.05) is 6.42 Å². The highest BCUT2D eigenvalue weighted by Gasteiger charge is 2.26. The van der Waals surface area contributed by atoms with Crippen molar-refractivity contribution in [3.05, 3.63) is 58.0 Å². The zero-order valence-electron chi connectivity index (χ0n) is 15.2. The Bertz CT molecular complexity index is 785. The highest BCUT2D eigenvalue weighted by Crippen LogP contribution is 2.26. The number of methoxy groups -OCH3 is 1. The molecule has 2 aromatic rings. The number of carbonyl (C=O) groups excluding carboxylic acids is 1. The first kappa shape index (κ1) is 18.9. The van der Waals surface area contributed by atoms with Gasteiger partial charge in [0.05, 0.1) is 29.9 Å². The summed E-state index contributed by atoms with van der Waals surface area (Å²) in [5.41, 5.74) is -0.0110. The van der Waals surface area contributed by atoms with Gasteiger partial charge in [-0.2, -0.15) is 0 Å². The monoisotopic (exact) mass is 373 g/mol. The molecule has 1 saturated heterocycles. The Balaban J connectivity index is 1.76. The lowest BCUT2D eigenvalue weighted by Gasteiger charge is -2.33. The van der Waals surface area contributed by atoms with Crippen molar-refractivity contribution in [1.29, 1.82) is 0 Å². The van der Waals surface area contributed by atoms with Gasteiger partial charge in [0.1, 0.15) is 11.5 Å². The Morgan fingerprint density at radius 3 is 2.74 bits per heavy atom. The van der Waals surface area contributed by atoms with Crippen molar-refractivity contribution >= 4 is 11.6 Å². The van der Waals surface area contributed by atoms with E-state index in [0.29, 0.717) is 12.3 Å². The molecule has 0 radical (unpaired) electrons. The first-order valence-electron chi connectivity index (χ1n) is 8.98. The number of hydrogen-bond donors (Lipinski definition) is 1. The maximum Gasteiger partial charge on any atom is 0.270 e. The molecule has 1 aromatic carbocycles. The zero-order valence-corrected chi connectivity index (χ0v) is 15.2. The number of non-ortho nitro benzene ring substituents is 1. The molecular formula is C19H23N3O5. The number of nitro groups is 1. The number of nitrogens with zero attached hydrogens (tertiary/aromatic N) is 2. The quantitative estimate of drug-likeness (QED) is 0.591. The van der Waals surface area contributed by atoms with Gasteiger partial charge in [0.2, 0.25) is 0 Å². The summed E-state index contributed by atoms with van der Waals surface area (Å²) in [4.78, 5) is 25.5. The van der Waals surface area contributed by atoms with E-state index in [1.165, 1.54) is 31.7 Å². The molecule has 0 spiro atoms. The Labute approximate surface area is 157 Å². The molecule has 144 valence electrons. The van der Waals surface area contributed by atoms with Crippen LogP contribution in [0.25, 0.3) is 0 Å². The van der Waals surface area contributed by atoms with Crippen LogP contribution in [0.1, 0.15) is 41.4 Å². The van der Waals surface area contributed by atoms with E-state index in [0.717, 1.165) is 31.7 Å². The van der Waals surface area contributed by atoms with E-state index in [-0.39, 0.29) is 17.3 Å². The molecule has 8 nitrogen and oxygen atoms in total. The third kappa shape index (κ3) is 4.46.